The van der Waals surface area contributed by atoms with Gasteiger partial charge < -0.3 is 14.6 Å². The van der Waals surface area contributed by atoms with E-state index in [4.69, 9.17) is 4.74 Å². The topological polar surface area (TPSA) is 73.2 Å². The summed E-state index contributed by atoms with van der Waals surface area (Å²) in [5.41, 5.74) is 1.12. The van der Waals surface area contributed by atoms with E-state index in [1.807, 2.05) is 4.57 Å². The Morgan fingerprint density at radius 1 is 1.26 bits per heavy atom. The first-order valence-electron chi connectivity index (χ1n) is 8.23. The van der Waals surface area contributed by atoms with Crippen molar-refractivity contribution < 1.29 is 14.3 Å². The van der Waals surface area contributed by atoms with E-state index in [9.17, 15) is 9.59 Å². The molecule has 2 aliphatic rings. The maximum absolute atomic E-state index is 12.6. The maximum Gasteiger partial charge on any atom is 0.308 e. The number of hydrogen-bond acceptors (Lipinski definition) is 4. The molecule has 1 amide bonds. The van der Waals surface area contributed by atoms with E-state index >= 15 is 0 Å². The Morgan fingerprint density at radius 2 is 2.00 bits per heavy atom. The number of rotatable bonds is 3. The number of amides is 1. The molecule has 0 radical (unpaired) electrons. The van der Waals surface area contributed by atoms with Crippen LogP contribution in [0.5, 0.6) is 0 Å². The molecule has 6 nitrogen and oxygen atoms in total. The lowest BCUT2D eigenvalue weighted by atomic mass is 9.86. The quantitative estimate of drug-likeness (QED) is 0.813. The Balaban J connectivity index is 1.61. The third-order valence-corrected chi connectivity index (χ3v) is 5.50. The fourth-order valence-electron chi connectivity index (χ4n) is 3.56. The van der Waals surface area contributed by atoms with Gasteiger partial charge in [-0.3, -0.25) is 9.59 Å². The van der Waals surface area contributed by atoms with Gasteiger partial charge in [-0.1, -0.05) is 0 Å². The fraction of sp³-hybridized carbons (Fsp3) is 0.688. The molecule has 0 atom stereocenters. The second-order valence-electron chi connectivity index (χ2n) is 6.33. The second kappa shape index (κ2) is 7.03. The average Bonchev–Trinajstić information content (AvgIpc) is 2.92. The van der Waals surface area contributed by atoms with Crippen molar-refractivity contribution >= 4 is 27.8 Å². The van der Waals surface area contributed by atoms with Crippen LogP contribution in [0.2, 0.25) is 0 Å². The molecule has 126 valence electrons. The number of imidazole rings is 1. The normalized spacial score (nSPS) is 23.9. The van der Waals surface area contributed by atoms with Crippen molar-refractivity contribution in [3.63, 3.8) is 0 Å². The molecule has 7 heteroatoms. The van der Waals surface area contributed by atoms with Gasteiger partial charge in [0.05, 0.1) is 18.7 Å². The molecular formula is C16H22BrN3O3. The zero-order chi connectivity index (χ0) is 16.4. The molecule has 1 fully saturated rings. The lowest BCUT2D eigenvalue weighted by Gasteiger charge is -2.27. The van der Waals surface area contributed by atoms with Crippen LogP contribution in [-0.2, 0) is 22.5 Å². The van der Waals surface area contributed by atoms with Crippen LogP contribution < -0.4 is 5.32 Å². The summed E-state index contributed by atoms with van der Waals surface area (Å²) in [6, 6.07) is 0.110. The standard InChI is InChI=1S/C16H22BrN3O3/c1-23-16(22)10-5-7-11(8-6-10)18-15(21)14-19-13(17)12-4-2-3-9-20(12)14/h10-11H,2-9H2,1H3,(H,18,21). The van der Waals surface area contributed by atoms with Crippen molar-refractivity contribution in [3.8, 4) is 0 Å². The van der Waals surface area contributed by atoms with Gasteiger partial charge in [0.25, 0.3) is 5.91 Å². The molecule has 0 aromatic carbocycles. The summed E-state index contributed by atoms with van der Waals surface area (Å²) in [6.45, 7) is 0.853. The molecule has 2 heterocycles. The van der Waals surface area contributed by atoms with E-state index in [1.165, 1.54) is 7.11 Å². The molecule has 1 N–H and O–H groups in total. The van der Waals surface area contributed by atoms with E-state index in [1.54, 1.807) is 0 Å². The minimum Gasteiger partial charge on any atom is -0.469 e. The van der Waals surface area contributed by atoms with Crippen LogP contribution in [0.4, 0.5) is 0 Å². The Labute approximate surface area is 144 Å². The largest absolute Gasteiger partial charge is 0.469 e. The Bertz CT molecular complexity index is 606. The summed E-state index contributed by atoms with van der Waals surface area (Å²) in [4.78, 5) is 28.5. The number of esters is 1. The Morgan fingerprint density at radius 3 is 2.70 bits per heavy atom. The molecule has 1 saturated carbocycles. The van der Waals surface area contributed by atoms with Gasteiger partial charge in [-0.25, -0.2) is 4.98 Å². The van der Waals surface area contributed by atoms with Gasteiger partial charge in [-0.2, -0.15) is 0 Å². The number of fused-ring (bicyclic) bond motifs is 1. The molecule has 0 unspecified atom stereocenters. The highest BCUT2D eigenvalue weighted by atomic mass is 79.9. The fourth-order valence-corrected chi connectivity index (χ4v) is 4.14. The molecule has 23 heavy (non-hydrogen) atoms. The minimum absolute atomic E-state index is 0.0264. The first-order valence-corrected chi connectivity index (χ1v) is 9.03. The third kappa shape index (κ3) is 3.44. The number of ether oxygens (including phenoxy) is 1. The highest BCUT2D eigenvalue weighted by Gasteiger charge is 2.29. The minimum atomic E-state index is -0.138. The summed E-state index contributed by atoms with van der Waals surface area (Å²) in [7, 11) is 1.43. The number of aromatic nitrogens is 2. The van der Waals surface area contributed by atoms with E-state index in [0.29, 0.717) is 5.82 Å². The van der Waals surface area contributed by atoms with Crippen LogP contribution in [-0.4, -0.2) is 34.6 Å². The van der Waals surface area contributed by atoms with Crippen LogP contribution in [0.15, 0.2) is 4.60 Å². The molecule has 0 spiro atoms. The molecule has 1 aliphatic heterocycles. The third-order valence-electron chi connectivity index (χ3n) is 4.87. The van der Waals surface area contributed by atoms with Crippen molar-refractivity contribution in [2.45, 2.75) is 57.5 Å². The number of carbonyl (C=O) groups is 2. The second-order valence-corrected chi connectivity index (χ2v) is 7.08. The monoisotopic (exact) mass is 383 g/mol. The lowest BCUT2D eigenvalue weighted by Crippen LogP contribution is -2.40. The molecular weight excluding hydrogens is 362 g/mol. The predicted molar refractivity (Wildman–Crippen MR) is 88.1 cm³/mol. The van der Waals surface area contributed by atoms with Gasteiger partial charge in [-0.05, 0) is 60.9 Å². The number of hydrogen-bond donors (Lipinski definition) is 1. The SMILES string of the molecule is COC(=O)C1CCC(NC(=O)c2nc(Br)c3n2CCCC3)CC1. The van der Waals surface area contributed by atoms with Crippen molar-refractivity contribution in [3.05, 3.63) is 16.1 Å². The highest BCUT2D eigenvalue weighted by Crippen LogP contribution is 2.27. The van der Waals surface area contributed by atoms with Crippen molar-refractivity contribution in [2.75, 3.05) is 7.11 Å². The summed E-state index contributed by atoms with van der Waals surface area (Å²) in [5.74, 6) is 0.226. The number of nitrogens with one attached hydrogen (secondary N) is 1. The molecule has 0 saturated heterocycles. The summed E-state index contributed by atoms with van der Waals surface area (Å²) in [6.07, 6.45) is 6.33. The van der Waals surface area contributed by atoms with Crippen molar-refractivity contribution in [1.29, 1.82) is 0 Å². The van der Waals surface area contributed by atoms with Gasteiger partial charge in [0.15, 0.2) is 5.82 Å². The Kier molecular flexibility index (Phi) is 5.04. The number of carbonyl (C=O) groups excluding carboxylic acids is 2. The van der Waals surface area contributed by atoms with Gasteiger partial charge >= 0.3 is 5.97 Å². The Hall–Kier alpha value is -1.37. The van der Waals surface area contributed by atoms with E-state index in [-0.39, 0.29) is 23.8 Å². The average molecular weight is 384 g/mol. The van der Waals surface area contributed by atoms with Crippen LogP contribution >= 0.6 is 15.9 Å². The van der Waals surface area contributed by atoms with Crippen LogP contribution in [0.25, 0.3) is 0 Å². The number of nitrogens with zero attached hydrogens (tertiary/aromatic N) is 2. The first-order chi connectivity index (χ1) is 11.1. The summed E-state index contributed by atoms with van der Waals surface area (Å²) >= 11 is 3.46. The molecule has 1 aromatic heterocycles. The van der Waals surface area contributed by atoms with Crippen molar-refractivity contribution in [1.82, 2.24) is 14.9 Å². The van der Waals surface area contributed by atoms with Gasteiger partial charge in [0.2, 0.25) is 0 Å². The smallest absolute Gasteiger partial charge is 0.308 e. The van der Waals surface area contributed by atoms with Crippen LogP contribution in [0.3, 0.4) is 0 Å². The zero-order valence-corrected chi connectivity index (χ0v) is 14.9. The van der Waals surface area contributed by atoms with Crippen LogP contribution in [0, 0.1) is 5.92 Å². The molecule has 1 aliphatic carbocycles. The lowest BCUT2D eigenvalue weighted by molar-refractivity contribution is -0.146. The molecule has 0 bridgehead atoms. The maximum atomic E-state index is 12.6. The van der Waals surface area contributed by atoms with Crippen molar-refractivity contribution in [2.24, 2.45) is 5.92 Å². The van der Waals surface area contributed by atoms with E-state index in [2.05, 4.69) is 26.2 Å². The first kappa shape index (κ1) is 16.5. The summed E-state index contributed by atoms with van der Waals surface area (Å²) < 4.78 is 7.61. The highest BCUT2D eigenvalue weighted by molar-refractivity contribution is 9.10. The van der Waals surface area contributed by atoms with Gasteiger partial charge in [0, 0.05) is 12.6 Å². The molecule has 1 aromatic rings. The van der Waals surface area contributed by atoms with E-state index in [0.717, 1.165) is 61.8 Å². The predicted octanol–water partition coefficient (Wildman–Crippen LogP) is 2.44. The van der Waals surface area contributed by atoms with E-state index < -0.39 is 0 Å². The summed E-state index contributed by atoms with van der Waals surface area (Å²) in [5, 5.41) is 3.08. The van der Waals surface area contributed by atoms with Crippen LogP contribution in [0.1, 0.15) is 54.8 Å². The molecule has 3 rings (SSSR count). The zero-order valence-electron chi connectivity index (χ0n) is 13.3. The van der Waals surface area contributed by atoms with Gasteiger partial charge in [0.1, 0.15) is 4.60 Å². The number of methoxy groups -OCH3 is 1. The number of halogens is 1. The van der Waals surface area contributed by atoms with Gasteiger partial charge in [-0.15, -0.1) is 0 Å².